The minimum absolute atomic E-state index is 0.0996. The van der Waals surface area contributed by atoms with E-state index in [0.29, 0.717) is 18.8 Å². The van der Waals surface area contributed by atoms with Gasteiger partial charge in [0, 0.05) is 19.0 Å². The molecular formula is C13H19N3O4. The number of nitrogens with zero attached hydrogens (tertiary/aromatic N) is 1. The fourth-order valence-electron chi connectivity index (χ4n) is 1.70. The Morgan fingerprint density at radius 2 is 2.15 bits per heavy atom. The number of nitrogens with one attached hydrogen (secondary N) is 2. The van der Waals surface area contributed by atoms with Gasteiger partial charge in [0.1, 0.15) is 0 Å². The van der Waals surface area contributed by atoms with E-state index in [1.54, 1.807) is 13.8 Å². The van der Waals surface area contributed by atoms with Gasteiger partial charge in [0.25, 0.3) is 6.01 Å². The van der Waals surface area contributed by atoms with E-state index >= 15 is 0 Å². The lowest BCUT2D eigenvalue weighted by molar-refractivity contribution is -0.122. The van der Waals surface area contributed by atoms with Crippen LogP contribution in [0.4, 0.5) is 6.01 Å². The topological polar surface area (TPSA) is 93.5 Å². The molecule has 7 heteroatoms. The minimum atomic E-state index is -0.521. The molecule has 20 heavy (non-hydrogen) atoms. The maximum Gasteiger partial charge on any atom is 0.376 e. The molecule has 7 nitrogen and oxygen atoms in total. The zero-order valence-electron chi connectivity index (χ0n) is 11.7. The molecule has 1 saturated carbocycles. The minimum Gasteiger partial charge on any atom is -0.460 e. The van der Waals surface area contributed by atoms with Gasteiger partial charge in [-0.2, -0.15) is 4.98 Å². The van der Waals surface area contributed by atoms with Crippen LogP contribution in [0, 0.1) is 12.8 Å². The second-order valence-corrected chi connectivity index (χ2v) is 4.65. The summed E-state index contributed by atoms with van der Waals surface area (Å²) in [6.07, 6.45) is 1.97. The van der Waals surface area contributed by atoms with Gasteiger partial charge >= 0.3 is 5.97 Å². The first-order valence-corrected chi connectivity index (χ1v) is 6.78. The highest BCUT2D eigenvalue weighted by atomic mass is 16.5. The van der Waals surface area contributed by atoms with E-state index < -0.39 is 5.97 Å². The normalized spacial score (nSPS) is 13.9. The molecule has 1 aromatic heterocycles. The summed E-state index contributed by atoms with van der Waals surface area (Å²) in [4.78, 5) is 27.0. The van der Waals surface area contributed by atoms with Crippen LogP contribution in [0.15, 0.2) is 4.42 Å². The molecule has 1 fully saturated rings. The molecule has 0 radical (unpaired) electrons. The maximum absolute atomic E-state index is 11.5. The largest absolute Gasteiger partial charge is 0.460 e. The SMILES string of the molecule is CCOC(=O)c1oc(NCCNC(=O)C2CC2)nc1C. The molecule has 0 bridgehead atoms. The number of ether oxygens (including phenoxy) is 1. The van der Waals surface area contributed by atoms with Gasteiger partial charge in [0.15, 0.2) is 0 Å². The van der Waals surface area contributed by atoms with Crippen molar-refractivity contribution < 1.29 is 18.7 Å². The number of hydrogen-bond acceptors (Lipinski definition) is 6. The van der Waals surface area contributed by atoms with Crippen molar-refractivity contribution in [2.24, 2.45) is 5.92 Å². The predicted octanol–water partition coefficient (Wildman–Crippen LogP) is 1.10. The van der Waals surface area contributed by atoms with Crippen LogP contribution in [0.25, 0.3) is 0 Å². The highest BCUT2D eigenvalue weighted by Gasteiger charge is 2.29. The number of carbonyl (C=O) groups is 2. The van der Waals surface area contributed by atoms with Crippen molar-refractivity contribution in [1.29, 1.82) is 0 Å². The Hall–Kier alpha value is -2.05. The Morgan fingerprint density at radius 1 is 1.40 bits per heavy atom. The van der Waals surface area contributed by atoms with Crippen LogP contribution in [0.3, 0.4) is 0 Å². The number of aromatic nitrogens is 1. The Balaban J connectivity index is 1.76. The van der Waals surface area contributed by atoms with Crippen LogP contribution in [0.5, 0.6) is 0 Å². The second kappa shape index (κ2) is 6.40. The molecule has 2 rings (SSSR count). The van der Waals surface area contributed by atoms with Gasteiger partial charge in [-0.25, -0.2) is 4.79 Å². The molecule has 0 unspecified atom stereocenters. The first-order valence-electron chi connectivity index (χ1n) is 6.78. The lowest BCUT2D eigenvalue weighted by Gasteiger charge is -2.04. The molecule has 1 heterocycles. The fraction of sp³-hybridized carbons (Fsp3) is 0.615. The van der Waals surface area contributed by atoms with E-state index in [1.807, 2.05) is 0 Å². The summed E-state index contributed by atoms with van der Waals surface area (Å²) in [6.45, 7) is 4.67. The van der Waals surface area contributed by atoms with Gasteiger partial charge in [-0.05, 0) is 26.7 Å². The van der Waals surface area contributed by atoms with Crippen LogP contribution >= 0.6 is 0 Å². The number of aryl methyl sites for hydroxylation is 1. The average Bonchev–Trinajstić information content (AvgIpc) is 3.19. The molecule has 2 N–H and O–H groups in total. The van der Waals surface area contributed by atoms with Crippen molar-refractivity contribution in [3.8, 4) is 0 Å². The summed E-state index contributed by atoms with van der Waals surface area (Å²) in [5.41, 5.74) is 0.480. The molecule has 0 spiro atoms. The molecule has 0 aliphatic heterocycles. The molecule has 110 valence electrons. The second-order valence-electron chi connectivity index (χ2n) is 4.65. The Bertz CT molecular complexity index is 494. The van der Waals surface area contributed by atoms with Gasteiger partial charge < -0.3 is 19.8 Å². The van der Waals surface area contributed by atoms with Crippen molar-refractivity contribution in [3.63, 3.8) is 0 Å². The first-order chi connectivity index (χ1) is 9.61. The Kier molecular flexibility index (Phi) is 4.60. The molecule has 0 saturated heterocycles. The van der Waals surface area contributed by atoms with Gasteiger partial charge in [-0.15, -0.1) is 0 Å². The quantitative estimate of drug-likeness (QED) is 0.574. The van der Waals surface area contributed by atoms with Gasteiger partial charge in [-0.1, -0.05) is 0 Å². The molecule has 1 aliphatic carbocycles. The first kappa shape index (κ1) is 14.4. The van der Waals surface area contributed by atoms with Crippen LogP contribution in [-0.2, 0) is 9.53 Å². The maximum atomic E-state index is 11.5. The van der Waals surface area contributed by atoms with E-state index in [-0.39, 0.29) is 30.2 Å². The summed E-state index contributed by atoms with van der Waals surface area (Å²) in [7, 11) is 0. The fourth-order valence-corrected chi connectivity index (χ4v) is 1.70. The van der Waals surface area contributed by atoms with E-state index in [2.05, 4.69) is 15.6 Å². The summed E-state index contributed by atoms with van der Waals surface area (Å²) >= 11 is 0. The molecule has 0 aromatic carbocycles. The van der Waals surface area contributed by atoms with E-state index in [4.69, 9.17) is 9.15 Å². The summed E-state index contributed by atoms with van der Waals surface area (Å²) in [6, 6.07) is 0.256. The van der Waals surface area contributed by atoms with Gasteiger partial charge in [0.2, 0.25) is 11.7 Å². The highest BCUT2D eigenvalue weighted by Crippen LogP contribution is 2.28. The van der Waals surface area contributed by atoms with Crippen LogP contribution in [0.1, 0.15) is 36.0 Å². The standard InChI is InChI=1S/C13H19N3O4/c1-3-19-12(18)10-8(2)16-13(20-10)15-7-6-14-11(17)9-4-5-9/h9H,3-7H2,1-2H3,(H,14,17)(H,15,16). The number of carbonyl (C=O) groups excluding carboxylic acids is 2. The Morgan fingerprint density at radius 3 is 2.80 bits per heavy atom. The number of esters is 1. The van der Waals surface area contributed by atoms with E-state index in [0.717, 1.165) is 12.8 Å². The van der Waals surface area contributed by atoms with Crippen molar-refractivity contribution in [2.75, 3.05) is 25.0 Å². The molecule has 1 aliphatic rings. The summed E-state index contributed by atoms with van der Waals surface area (Å²) in [5, 5.41) is 5.73. The Labute approximate surface area is 117 Å². The monoisotopic (exact) mass is 281 g/mol. The summed E-state index contributed by atoms with van der Waals surface area (Å²) in [5.74, 6) is -0.110. The van der Waals surface area contributed by atoms with Crippen LogP contribution in [0.2, 0.25) is 0 Å². The number of anilines is 1. The zero-order valence-corrected chi connectivity index (χ0v) is 11.7. The number of oxazole rings is 1. The number of hydrogen-bond donors (Lipinski definition) is 2. The van der Waals surface area contributed by atoms with Gasteiger partial charge in [-0.3, -0.25) is 4.79 Å². The lowest BCUT2D eigenvalue weighted by atomic mass is 10.4. The van der Waals surface area contributed by atoms with Crippen LogP contribution in [-0.4, -0.2) is 36.6 Å². The van der Waals surface area contributed by atoms with Gasteiger partial charge in [0.05, 0.1) is 12.3 Å². The van der Waals surface area contributed by atoms with E-state index in [1.165, 1.54) is 0 Å². The summed E-state index contributed by atoms with van der Waals surface area (Å²) < 4.78 is 10.1. The molecule has 1 aromatic rings. The third-order valence-corrected chi connectivity index (χ3v) is 2.91. The number of rotatable bonds is 7. The lowest BCUT2D eigenvalue weighted by Crippen LogP contribution is -2.29. The molecular weight excluding hydrogens is 262 g/mol. The third kappa shape index (κ3) is 3.72. The molecule has 0 atom stereocenters. The third-order valence-electron chi connectivity index (χ3n) is 2.91. The predicted molar refractivity (Wildman–Crippen MR) is 71.4 cm³/mol. The number of amides is 1. The van der Waals surface area contributed by atoms with Crippen molar-refractivity contribution >= 4 is 17.9 Å². The van der Waals surface area contributed by atoms with Crippen molar-refractivity contribution in [3.05, 3.63) is 11.5 Å². The average molecular weight is 281 g/mol. The van der Waals surface area contributed by atoms with E-state index in [9.17, 15) is 9.59 Å². The van der Waals surface area contributed by atoms with Crippen molar-refractivity contribution in [2.45, 2.75) is 26.7 Å². The van der Waals surface area contributed by atoms with Crippen molar-refractivity contribution in [1.82, 2.24) is 10.3 Å². The zero-order chi connectivity index (χ0) is 14.5. The highest BCUT2D eigenvalue weighted by molar-refractivity contribution is 5.87. The smallest absolute Gasteiger partial charge is 0.376 e. The van der Waals surface area contributed by atoms with Crippen LogP contribution < -0.4 is 10.6 Å². The molecule has 1 amide bonds.